The van der Waals surface area contributed by atoms with Crippen molar-refractivity contribution < 1.29 is 4.79 Å². The van der Waals surface area contributed by atoms with Crippen LogP contribution in [0.1, 0.15) is 0 Å². The van der Waals surface area contributed by atoms with E-state index in [-0.39, 0.29) is 0 Å². The summed E-state index contributed by atoms with van der Waals surface area (Å²) in [5, 5.41) is 7.01. The number of anilines is 1. The van der Waals surface area contributed by atoms with Crippen LogP contribution in [0.15, 0.2) is 17.3 Å². The van der Waals surface area contributed by atoms with Gasteiger partial charge in [0.05, 0.1) is 23.0 Å². The molecule has 0 saturated carbocycles. The molecule has 15 heavy (non-hydrogen) atoms. The van der Waals surface area contributed by atoms with Crippen LogP contribution in [0.25, 0.3) is 5.65 Å². The maximum atomic E-state index is 10.4. The van der Waals surface area contributed by atoms with Gasteiger partial charge < -0.3 is 5.32 Å². The fourth-order valence-electron chi connectivity index (χ4n) is 1.25. The molecule has 78 valence electrons. The van der Waals surface area contributed by atoms with E-state index in [2.05, 4.69) is 15.4 Å². The molecule has 2 heterocycles. The molecule has 0 unspecified atom stereocenters. The summed E-state index contributed by atoms with van der Waals surface area (Å²) in [6.07, 6.45) is 5.68. The average molecular weight is 243 g/mol. The van der Waals surface area contributed by atoms with Crippen molar-refractivity contribution in [2.24, 2.45) is 0 Å². The minimum Gasteiger partial charge on any atom is -0.326 e. The first-order valence-corrected chi connectivity index (χ1v) is 5.64. The lowest BCUT2D eigenvalue weighted by Crippen LogP contribution is -2.00. The van der Waals surface area contributed by atoms with Crippen LogP contribution in [0.3, 0.4) is 0 Å². The number of hydrogen-bond acceptors (Lipinski definition) is 4. The predicted octanol–water partition coefficient (Wildman–Crippen LogP) is 1.67. The number of hydrogen-bond donors (Lipinski definition) is 1. The summed E-state index contributed by atoms with van der Waals surface area (Å²) in [6.45, 7) is 0. The van der Waals surface area contributed by atoms with Crippen LogP contribution in [-0.2, 0) is 4.79 Å². The van der Waals surface area contributed by atoms with Crippen LogP contribution in [0, 0.1) is 0 Å². The predicted molar refractivity (Wildman–Crippen MR) is 59.5 cm³/mol. The van der Waals surface area contributed by atoms with E-state index >= 15 is 0 Å². The summed E-state index contributed by atoms with van der Waals surface area (Å²) >= 11 is 7.25. The normalized spacial score (nSPS) is 10.5. The minimum atomic E-state index is 0.376. The molecule has 1 N–H and O–H groups in total. The number of carbonyl (C=O) groups excluding carboxylic acids is 1. The quantitative estimate of drug-likeness (QED) is 0.657. The van der Waals surface area contributed by atoms with Crippen molar-refractivity contribution in [3.05, 3.63) is 17.5 Å². The highest BCUT2D eigenvalue weighted by Crippen LogP contribution is 2.28. The molecule has 0 bridgehead atoms. The lowest BCUT2D eigenvalue weighted by molar-refractivity contribution is -0.105. The Morgan fingerprint density at radius 1 is 1.67 bits per heavy atom. The van der Waals surface area contributed by atoms with Crippen LogP contribution < -0.4 is 5.32 Å². The SMILES string of the molecule is CSc1c(NC=O)cnn2cc(Cl)nc12. The summed E-state index contributed by atoms with van der Waals surface area (Å²) in [4.78, 5) is 15.3. The molecule has 0 spiro atoms. The zero-order valence-electron chi connectivity index (χ0n) is 7.77. The van der Waals surface area contributed by atoms with Crippen molar-refractivity contribution in [2.45, 2.75) is 4.90 Å². The third-order valence-electron chi connectivity index (χ3n) is 1.84. The highest BCUT2D eigenvalue weighted by Gasteiger charge is 2.10. The van der Waals surface area contributed by atoms with E-state index < -0.39 is 0 Å². The number of imidazole rings is 1. The van der Waals surface area contributed by atoms with Crippen LogP contribution >= 0.6 is 23.4 Å². The zero-order valence-corrected chi connectivity index (χ0v) is 9.34. The van der Waals surface area contributed by atoms with Gasteiger partial charge in [0.2, 0.25) is 6.41 Å². The Hall–Kier alpha value is -1.27. The number of nitrogens with one attached hydrogen (secondary N) is 1. The van der Waals surface area contributed by atoms with Crippen molar-refractivity contribution in [1.82, 2.24) is 14.6 Å². The molecule has 0 aliphatic carbocycles. The van der Waals surface area contributed by atoms with Crippen molar-refractivity contribution in [2.75, 3.05) is 11.6 Å². The molecule has 2 rings (SSSR count). The van der Waals surface area contributed by atoms with Gasteiger partial charge in [0.15, 0.2) is 5.65 Å². The molecule has 5 nitrogen and oxygen atoms in total. The van der Waals surface area contributed by atoms with E-state index in [1.54, 1.807) is 16.9 Å². The van der Waals surface area contributed by atoms with Gasteiger partial charge in [0.25, 0.3) is 0 Å². The van der Waals surface area contributed by atoms with Gasteiger partial charge in [-0.3, -0.25) is 4.79 Å². The average Bonchev–Trinajstić information content (AvgIpc) is 2.58. The molecular weight excluding hydrogens is 236 g/mol. The number of aromatic nitrogens is 3. The second kappa shape index (κ2) is 4.08. The van der Waals surface area contributed by atoms with Crippen LogP contribution in [0.5, 0.6) is 0 Å². The molecule has 2 aromatic rings. The number of halogens is 1. The van der Waals surface area contributed by atoms with E-state index in [1.165, 1.54) is 11.8 Å². The van der Waals surface area contributed by atoms with E-state index in [9.17, 15) is 4.79 Å². The van der Waals surface area contributed by atoms with Crippen molar-refractivity contribution >= 4 is 41.1 Å². The van der Waals surface area contributed by atoms with Gasteiger partial charge in [-0.25, -0.2) is 9.50 Å². The summed E-state index contributed by atoms with van der Waals surface area (Å²) in [5.74, 6) is 0. The maximum Gasteiger partial charge on any atom is 0.211 e. The van der Waals surface area contributed by atoms with Crippen LogP contribution in [0.2, 0.25) is 5.15 Å². The topological polar surface area (TPSA) is 59.3 Å². The molecule has 0 aliphatic rings. The fraction of sp³-hybridized carbons (Fsp3) is 0.125. The third-order valence-corrected chi connectivity index (χ3v) is 2.83. The van der Waals surface area contributed by atoms with Gasteiger partial charge >= 0.3 is 0 Å². The molecule has 2 aromatic heterocycles. The van der Waals surface area contributed by atoms with Crippen molar-refractivity contribution in [1.29, 1.82) is 0 Å². The summed E-state index contributed by atoms with van der Waals surface area (Å²) < 4.78 is 1.57. The van der Waals surface area contributed by atoms with E-state index in [1.807, 2.05) is 6.26 Å². The first-order chi connectivity index (χ1) is 7.26. The molecule has 0 saturated heterocycles. The summed E-state index contributed by atoms with van der Waals surface area (Å²) in [7, 11) is 0. The van der Waals surface area contributed by atoms with E-state index in [4.69, 9.17) is 11.6 Å². The van der Waals surface area contributed by atoms with E-state index in [0.29, 0.717) is 22.9 Å². The van der Waals surface area contributed by atoms with Gasteiger partial charge in [-0.2, -0.15) is 5.10 Å². The standard InChI is InChI=1S/C8H7ClN4OS/c1-15-7-5(10-4-14)2-11-13-3-6(9)12-8(7)13/h2-4H,1H3,(H,10,14). The van der Waals surface area contributed by atoms with Gasteiger partial charge in [0, 0.05) is 0 Å². The smallest absolute Gasteiger partial charge is 0.211 e. The second-order valence-corrected chi connectivity index (χ2v) is 3.89. The zero-order chi connectivity index (χ0) is 10.8. The first kappa shape index (κ1) is 10.3. The molecule has 1 amide bonds. The second-order valence-electron chi connectivity index (χ2n) is 2.69. The van der Waals surface area contributed by atoms with Gasteiger partial charge in [-0.05, 0) is 6.26 Å². The number of nitrogens with zero attached hydrogens (tertiary/aromatic N) is 3. The Bertz CT molecular complexity index is 513. The Morgan fingerprint density at radius 3 is 3.13 bits per heavy atom. The van der Waals surface area contributed by atoms with Crippen LogP contribution in [-0.4, -0.2) is 27.3 Å². The van der Waals surface area contributed by atoms with Crippen LogP contribution in [0.4, 0.5) is 5.69 Å². The molecule has 0 aromatic carbocycles. The van der Waals surface area contributed by atoms with Gasteiger partial charge in [-0.1, -0.05) is 11.6 Å². The first-order valence-electron chi connectivity index (χ1n) is 4.04. The monoisotopic (exact) mass is 242 g/mol. The highest BCUT2D eigenvalue weighted by molar-refractivity contribution is 7.99. The Morgan fingerprint density at radius 2 is 2.47 bits per heavy atom. The molecule has 7 heteroatoms. The number of fused-ring (bicyclic) bond motifs is 1. The van der Waals surface area contributed by atoms with Gasteiger partial charge in [0.1, 0.15) is 5.15 Å². The molecular formula is C8H7ClN4OS. The van der Waals surface area contributed by atoms with Crippen molar-refractivity contribution in [3.8, 4) is 0 Å². The Labute approximate surface area is 94.8 Å². The molecule has 0 aliphatic heterocycles. The number of amides is 1. The molecule has 0 radical (unpaired) electrons. The number of rotatable bonds is 3. The largest absolute Gasteiger partial charge is 0.326 e. The minimum absolute atomic E-state index is 0.376. The number of thioether (sulfide) groups is 1. The lowest BCUT2D eigenvalue weighted by Gasteiger charge is -2.05. The Kier molecular flexibility index (Phi) is 2.79. The number of carbonyl (C=O) groups is 1. The third kappa shape index (κ3) is 1.78. The highest BCUT2D eigenvalue weighted by atomic mass is 35.5. The van der Waals surface area contributed by atoms with Crippen molar-refractivity contribution in [3.63, 3.8) is 0 Å². The summed E-state index contributed by atoms with van der Waals surface area (Å²) in [5.41, 5.74) is 1.27. The van der Waals surface area contributed by atoms with E-state index in [0.717, 1.165) is 4.90 Å². The fourth-order valence-corrected chi connectivity index (χ4v) is 2.08. The van der Waals surface area contributed by atoms with Gasteiger partial charge in [-0.15, -0.1) is 11.8 Å². The Balaban J connectivity index is 2.68. The maximum absolute atomic E-state index is 10.4. The molecule has 0 fully saturated rings. The lowest BCUT2D eigenvalue weighted by atomic mass is 10.4. The molecule has 0 atom stereocenters. The summed E-state index contributed by atoms with van der Waals surface area (Å²) in [6, 6.07) is 0.